The van der Waals surface area contributed by atoms with Crippen molar-refractivity contribution in [3.8, 4) is 17.1 Å². The third-order valence-electron chi connectivity index (χ3n) is 4.28. The fourth-order valence-electron chi connectivity index (χ4n) is 2.83. The van der Waals surface area contributed by atoms with Crippen LogP contribution in [0.1, 0.15) is 5.89 Å². The number of carbonyl (C=O) groups excluding carboxylic acids is 1. The molecular weight excluding hydrogens is 322 g/mol. The van der Waals surface area contributed by atoms with Gasteiger partial charge in [-0.05, 0) is 24.3 Å². The van der Waals surface area contributed by atoms with Crippen molar-refractivity contribution in [1.82, 2.24) is 14.8 Å². The zero-order valence-electron chi connectivity index (χ0n) is 14.6. The summed E-state index contributed by atoms with van der Waals surface area (Å²) in [6.45, 7) is 3.79. The van der Waals surface area contributed by atoms with E-state index in [1.165, 1.54) is 7.11 Å². The van der Waals surface area contributed by atoms with Crippen LogP contribution in [0.5, 0.6) is 5.75 Å². The number of oxazole rings is 1. The van der Waals surface area contributed by atoms with Crippen molar-refractivity contribution in [2.75, 3.05) is 47.0 Å². The first-order valence-corrected chi connectivity index (χ1v) is 8.28. The summed E-state index contributed by atoms with van der Waals surface area (Å²) in [5.74, 6) is 2.28. The van der Waals surface area contributed by atoms with Crippen LogP contribution in [0.25, 0.3) is 11.3 Å². The van der Waals surface area contributed by atoms with Gasteiger partial charge in [-0.1, -0.05) is 0 Å². The lowest BCUT2D eigenvalue weighted by molar-refractivity contribution is -0.137. The van der Waals surface area contributed by atoms with E-state index in [4.69, 9.17) is 13.9 Å². The van der Waals surface area contributed by atoms with Gasteiger partial charge in [0.2, 0.25) is 11.8 Å². The first-order valence-electron chi connectivity index (χ1n) is 8.28. The van der Waals surface area contributed by atoms with Crippen molar-refractivity contribution < 1.29 is 18.7 Å². The summed E-state index contributed by atoms with van der Waals surface area (Å²) in [5.41, 5.74) is 0.967. The lowest BCUT2D eigenvalue weighted by Crippen LogP contribution is -2.49. The molecule has 25 heavy (non-hydrogen) atoms. The van der Waals surface area contributed by atoms with Gasteiger partial charge in [0.25, 0.3) is 0 Å². The number of rotatable bonds is 6. The molecule has 0 saturated carbocycles. The fraction of sp³-hybridized carbons (Fsp3) is 0.444. The molecule has 7 heteroatoms. The summed E-state index contributed by atoms with van der Waals surface area (Å²) in [7, 11) is 3.18. The van der Waals surface area contributed by atoms with Gasteiger partial charge in [-0.25, -0.2) is 4.98 Å². The van der Waals surface area contributed by atoms with Crippen LogP contribution in [0, 0.1) is 0 Å². The molecule has 0 unspecified atom stereocenters. The Balaban J connectivity index is 1.54. The minimum Gasteiger partial charge on any atom is -0.497 e. The highest BCUT2D eigenvalue weighted by atomic mass is 16.5. The Kier molecular flexibility index (Phi) is 5.67. The number of carbonyl (C=O) groups is 1. The molecule has 7 nitrogen and oxygen atoms in total. The van der Waals surface area contributed by atoms with Crippen LogP contribution < -0.4 is 4.74 Å². The van der Waals surface area contributed by atoms with Crippen LogP contribution in [-0.2, 0) is 16.1 Å². The molecule has 0 N–H and O–H groups in total. The molecule has 1 amide bonds. The normalized spacial score (nSPS) is 15.4. The average Bonchev–Trinajstić information content (AvgIpc) is 3.11. The minimum absolute atomic E-state index is 0.0417. The van der Waals surface area contributed by atoms with Gasteiger partial charge in [0.15, 0.2) is 5.76 Å². The first kappa shape index (κ1) is 17.4. The Morgan fingerprint density at radius 3 is 2.52 bits per heavy atom. The number of amides is 1. The number of piperazine rings is 1. The molecule has 1 fully saturated rings. The molecule has 0 aliphatic carbocycles. The van der Waals surface area contributed by atoms with Crippen LogP contribution in [-0.4, -0.2) is 67.7 Å². The van der Waals surface area contributed by atoms with Gasteiger partial charge in [0.05, 0.1) is 19.9 Å². The molecule has 0 bridgehead atoms. The summed E-state index contributed by atoms with van der Waals surface area (Å²) < 4.78 is 15.9. The molecule has 0 spiro atoms. The van der Waals surface area contributed by atoms with E-state index in [1.807, 2.05) is 29.2 Å². The number of hydrogen-bond donors (Lipinski definition) is 0. The molecule has 0 radical (unpaired) electrons. The third-order valence-corrected chi connectivity index (χ3v) is 4.28. The number of aromatic nitrogens is 1. The molecule has 1 aliphatic heterocycles. The van der Waals surface area contributed by atoms with Crippen molar-refractivity contribution in [3.63, 3.8) is 0 Å². The molecule has 0 atom stereocenters. The highest BCUT2D eigenvalue weighted by Crippen LogP contribution is 2.23. The summed E-state index contributed by atoms with van der Waals surface area (Å²) in [5, 5.41) is 0. The molecular formula is C18H23N3O4. The number of methoxy groups -OCH3 is 2. The van der Waals surface area contributed by atoms with Gasteiger partial charge in [0, 0.05) is 38.9 Å². The number of nitrogens with zero attached hydrogens (tertiary/aromatic N) is 3. The van der Waals surface area contributed by atoms with Crippen molar-refractivity contribution in [2.24, 2.45) is 0 Å². The Morgan fingerprint density at radius 1 is 1.16 bits per heavy atom. The maximum Gasteiger partial charge on any atom is 0.248 e. The maximum absolute atomic E-state index is 11.8. The third kappa shape index (κ3) is 4.37. The summed E-state index contributed by atoms with van der Waals surface area (Å²) in [6, 6.07) is 7.69. The second-order valence-electron chi connectivity index (χ2n) is 5.94. The molecule has 2 aromatic rings. The van der Waals surface area contributed by atoms with E-state index in [0.717, 1.165) is 30.2 Å². The van der Waals surface area contributed by atoms with Crippen molar-refractivity contribution in [1.29, 1.82) is 0 Å². The minimum atomic E-state index is 0.0417. The zero-order chi connectivity index (χ0) is 17.6. The predicted octanol–water partition coefficient (Wildman–Crippen LogP) is 1.64. The highest BCUT2D eigenvalue weighted by Gasteiger charge is 2.22. The van der Waals surface area contributed by atoms with Crippen LogP contribution in [0.15, 0.2) is 34.9 Å². The van der Waals surface area contributed by atoms with Gasteiger partial charge in [-0.15, -0.1) is 0 Å². The number of ether oxygens (including phenoxy) is 2. The number of hydrogen-bond acceptors (Lipinski definition) is 6. The molecule has 3 rings (SSSR count). The van der Waals surface area contributed by atoms with E-state index in [-0.39, 0.29) is 12.5 Å². The standard InChI is InChI=1S/C18H23N3O4/c1-23-13-18(22)21-9-7-20(8-10-21)12-17-19-11-16(25-17)14-3-5-15(24-2)6-4-14/h3-6,11H,7-10,12-13H2,1-2H3. The maximum atomic E-state index is 11.8. The largest absolute Gasteiger partial charge is 0.497 e. The van der Waals surface area contributed by atoms with E-state index in [1.54, 1.807) is 13.3 Å². The van der Waals surface area contributed by atoms with Crippen molar-refractivity contribution >= 4 is 5.91 Å². The van der Waals surface area contributed by atoms with E-state index in [9.17, 15) is 4.79 Å². The Bertz CT molecular complexity index is 691. The van der Waals surface area contributed by atoms with Crippen LogP contribution in [0.3, 0.4) is 0 Å². The quantitative estimate of drug-likeness (QED) is 0.793. The fourth-order valence-corrected chi connectivity index (χ4v) is 2.83. The Hall–Kier alpha value is -2.38. The molecule has 1 aromatic carbocycles. The van der Waals surface area contributed by atoms with Gasteiger partial charge in [0.1, 0.15) is 12.4 Å². The van der Waals surface area contributed by atoms with E-state index >= 15 is 0 Å². The summed E-state index contributed by atoms with van der Waals surface area (Å²) >= 11 is 0. The van der Waals surface area contributed by atoms with Crippen molar-refractivity contribution in [2.45, 2.75) is 6.54 Å². The topological polar surface area (TPSA) is 68.0 Å². The lowest BCUT2D eigenvalue weighted by Gasteiger charge is -2.33. The summed E-state index contributed by atoms with van der Waals surface area (Å²) in [4.78, 5) is 20.3. The van der Waals surface area contributed by atoms with E-state index < -0.39 is 0 Å². The SMILES string of the molecule is COCC(=O)N1CCN(Cc2ncc(-c3ccc(OC)cc3)o2)CC1. The molecule has 134 valence electrons. The molecule has 2 heterocycles. The second-order valence-corrected chi connectivity index (χ2v) is 5.94. The zero-order valence-corrected chi connectivity index (χ0v) is 14.6. The molecule has 1 aliphatic rings. The Labute approximate surface area is 147 Å². The smallest absolute Gasteiger partial charge is 0.248 e. The molecule has 1 saturated heterocycles. The van der Waals surface area contributed by atoms with Gasteiger partial charge in [-0.3, -0.25) is 9.69 Å². The Morgan fingerprint density at radius 2 is 1.88 bits per heavy atom. The van der Waals surface area contributed by atoms with Crippen LogP contribution in [0.2, 0.25) is 0 Å². The second kappa shape index (κ2) is 8.13. The van der Waals surface area contributed by atoms with Crippen LogP contribution in [0.4, 0.5) is 0 Å². The van der Waals surface area contributed by atoms with Gasteiger partial charge < -0.3 is 18.8 Å². The van der Waals surface area contributed by atoms with E-state index in [2.05, 4.69) is 9.88 Å². The van der Waals surface area contributed by atoms with Gasteiger partial charge in [-0.2, -0.15) is 0 Å². The van der Waals surface area contributed by atoms with E-state index in [0.29, 0.717) is 25.5 Å². The molecule has 1 aromatic heterocycles. The summed E-state index contributed by atoms with van der Waals surface area (Å²) in [6.07, 6.45) is 1.75. The monoisotopic (exact) mass is 345 g/mol. The number of benzene rings is 1. The predicted molar refractivity (Wildman–Crippen MR) is 92.2 cm³/mol. The average molecular weight is 345 g/mol. The van der Waals surface area contributed by atoms with Crippen LogP contribution >= 0.6 is 0 Å². The lowest BCUT2D eigenvalue weighted by atomic mass is 10.2. The van der Waals surface area contributed by atoms with Gasteiger partial charge >= 0.3 is 0 Å². The van der Waals surface area contributed by atoms with Crippen molar-refractivity contribution in [3.05, 3.63) is 36.4 Å². The highest BCUT2D eigenvalue weighted by molar-refractivity contribution is 5.77. The first-order chi connectivity index (χ1) is 12.2.